The Morgan fingerprint density at radius 2 is 2.18 bits per heavy atom. The van der Waals surface area contributed by atoms with Gasteiger partial charge in [0.05, 0.1) is 0 Å². The van der Waals surface area contributed by atoms with Crippen molar-refractivity contribution in [2.75, 3.05) is 18.4 Å². The van der Waals surface area contributed by atoms with Gasteiger partial charge < -0.3 is 5.32 Å². The van der Waals surface area contributed by atoms with Crippen LogP contribution in [0.3, 0.4) is 0 Å². The maximum absolute atomic E-state index is 13.8. The minimum atomic E-state index is -0.125. The molecule has 0 radical (unpaired) electrons. The van der Waals surface area contributed by atoms with E-state index in [1.807, 2.05) is 25.1 Å². The maximum atomic E-state index is 13.8. The van der Waals surface area contributed by atoms with Crippen molar-refractivity contribution in [1.29, 1.82) is 0 Å². The van der Waals surface area contributed by atoms with Crippen LogP contribution in [0.2, 0.25) is 0 Å². The number of rotatable bonds is 4. The fourth-order valence-corrected chi connectivity index (χ4v) is 2.89. The van der Waals surface area contributed by atoms with Crippen LogP contribution in [-0.4, -0.2) is 34.0 Å². The number of benzene rings is 1. The molecule has 3 rings (SSSR count). The summed E-state index contributed by atoms with van der Waals surface area (Å²) in [6.07, 6.45) is 3.95. The number of nitrogens with one attached hydrogen (secondary N) is 1. The number of halogens is 1. The third kappa shape index (κ3) is 3.80. The fourth-order valence-electron chi connectivity index (χ4n) is 2.89. The number of anilines is 1. The third-order valence-corrected chi connectivity index (χ3v) is 3.99. The minimum Gasteiger partial charge on any atom is -0.350 e. The number of aromatic nitrogens is 2. The monoisotopic (exact) mass is 300 g/mol. The first-order valence-corrected chi connectivity index (χ1v) is 7.72. The Hall–Kier alpha value is -2.01. The zero-order valence-electron chi connectivity index (χ0n) is 12.8. The van der Waals surface area contributed by atoms with E-state index in [9.17, 15) is 4.39 Å². The molecule has 1 aromatic heterocycles. The number of hydrogen-bond acceptors (Lipinski definition) is 4. The first-order valence-electron chi connectivity index (χ1n) is 7.72. The number of hydrogen-bond donors (Lipinski definition) is 1. The van der Waals surface area contributed by atoms with Crippen molar-refractivity contribution >= 4 is 5.95 Å². The van der Waals surface area contributed by atoms with Crippen LogP contribution in [0.15, 0.2) is 36.5 Å². The molecule has 0 aliphatic carbocycles. The molecule has 2 aromatic rings. The molecule has 0 bridgehead atoms. The van der Waals surface area contributed by atoms with Gasteiger partial charge in [-0.05, 0) is 38.4 Å². The molecule has 0 spiro atoms. The minimum absolute atomic E-state index is 0.125. The lowest BCUT2D eigenvalue weighted by atomic mass is 10.0. The summed E-state index contributed by atoms with van der Waals surface area (Å²) < 4.78 is 13.8. The van der Waals surface area contributed by atoms with Gasteiger partial charge in [0, 0.05) is 36.6 Å². The Morgan fingerprint density at radius 1 is 1.32 bits per heavy atom. The highest BCUT2D eigenvalue weighted by molar-refractivity contribution is 5.27. The molecule has 116 valence electrons. The number of nitrogens with zero attached hydrogens (tertiary/aromatic N) is 3. The summed E-state index contributed by atoms with van der Waals surface area (Å²) in [4.78, 5) is 10.9. The van der Waals surface area contributed by atoms with E-state index in [0.29, 0.717) is 18.5 Å². The molecular formula is C17H21FN4. The second kappa shape index (κ2) is 6.83. The summed E-state index contributed by atoms with van der Waals surface area (Å²) in [5.74, 6) is 0.553. The van der Waals surface area contributed by atoms with Crippen LogP contribution in [0, 0.1) is 12.7 Å². The van der Waals surface area contributed by atoms with Gasteiger partial charge in [0.25, 0.3) is 0 Å². The molecular weight excluding hydrogens is 279 g/mol. The van der Waals surface area contributed by atoms with Gasteiger partial charge in [-0.25, -0.2) is 14.4 Å². The molecule has 2 heterocycles. The molecule has 5 heteroatoms. The lowest BCUT2D eigenvalue weighted by Gasteiger charge is -2.33. The van der Waals surface area contributed by atoms with E-state index in [4.69, 9.17) is 0 Å². The van der Waals surface area contributed by atoms with E-state index in [2.05, 4.69) is 20.2 Å². The summed E-state index contributed by atoms with van der Waals surface area (Å²) in [6.45, 7) is 4.49. The van der Waals surface area contributed by atoms with Crippen LogP contribution in [0.4, 0.5) is 10.3 Å². The van der Waals surface area contributed by atoms with Gasteiger partial charge in [0.2, 0.25) is 5.95 Å². The lowest BCUT2D eigenvalue weighted by molar-refractivity contribution is 0.206. The van der Waals surface area contributed by atoms with Crippen LogP contribution >= 0.6 is 0 Å². The van der Waals surface area contributed by atoms with Crippen molar-refractivity contribution in [3.05, 3.63) is 53.6 Å². The van der Waals surface area contributed by atoms with E-state index < -0.39 is 0 Å². The van der Waals surface area contributed by atoms with E-state index in [0.717, 1.165) is 37.2 Å². The van der Waals surface area contributed by atoms with Gasteiger partial charge in [-0.1, -0.05) is 18.2 Å². The molecule has 1 aliphatic rings. The Balaban J connectivity index is 1.61. The van der Waals surface area contributed by atoms with Crippen LogP contribution in [0.1, 0.15) is 24.1 Å². The Morgan fingerprint density at radius 3 is 3.00 bits per heavy atom. The molecule has 0 amide bonds. The number of piperidine rings is 1. The van der Waals surface area contributed by atoms with E-state index in [1.54, 1.807) is 12.3 Å². The predicted octanol–water partition coefficient (Wildman–Crippen LogP) is 3.00. The second-order valence-corrected chi connectivity index (χ2v) is 5.83. The number of likely N-dealkylation sites (tertiary alicyclic amines) is 1. The van der Waals surface area contributed by atoms with Crippen LogP contribution < -0.4 is 5.32 Å². The van der Waals surface area contributed by atoms with Crippen molar-refractivity contribution in [3.8, 4) is 0 Å². The highest BCUT2D eigenvalue weighted by atomic mass is 19.1. The Bertz CT molecular complexity index is 632. The average Bonchev–Trinajstić information content (AvgIpc) is 2.50. The first-order chi connectivity index (χ1) is 10.7. The van der Waals surface area contributed by atoms with E-state index >= 15 is 0 Å². The predicted molar refractivity (Wildman–Crippen MR) is 85.1 cm³/mol. The van der Waals surface area contributed by atoms with Gasteiger partial charge in [0.1, 0.15) is 5.82 Å². The van der Waals surface area contributed by atoms with Gasteiger partial charge in [-0.3, -0.25) is 4.90 Å². The summed E-state index contributed by atoms with van der Waals surface area (Å²) in [5, 5.41) is 3.39. The topological polar surface area (TPSA) is 41.1 Å². The molecule has 4 nitrogen and oxygen atoms in total. The molecule has 22 heavy (non-hydrogen) atoms. The summed E-state index contributed by atoms with van der Waals surface area (Å²) in [7, 11) is 0. The van der Waals surface area contributed by atoms with Gasteiger partial charge in [-0.2, -0.15) is 0 Å². The lowest BCUT2D eigenvalue weighted by Crippen LogP contribution is -2.42. The van der Waals surface area contributed by atoms with Crippen molar-refractivity contribution in [2.45, 2.75) is 32.4 Å². The van der Waals surface area contributed by atoms with Gasteiger partial charge in [0.15, 0.2) is 0 Å². The molecule has 1 atom stereocenters. The summed E-state index contributed by atoms with van der Waals surface area (Å²) >= 11 is 0. The highest BCUT2D eigenvalue weighted by Crippen LogP contribution is 2.17. The quantitative estimate of drug-likeness (QED) is 0.942. The Labute approximate surface area is 130 Å². The SMILES string of the molecule is Cc1ccnc(NC2CCCN(Cc3ccccc3F)C2)n1. The second-order valence-electron chi connectivity index (χ2n) is 5.83. The summed E-state index contributed by atoms with van der Waals surface area (Å²) in [5.41, 5.74) is 1.71. The largest absolute Gasteiger partial charge is 0.350 e. The van der Waals surface area contributed by atoms with Crippen molar-refractivity contribution in [3.63, 3.8) is 0 Å². The number of aryl methyl sites for hydroxylation is 1. The fraction of sp³-hybridized carbons (Fsp3) is 0.412. The van der Waals surface area contributed by atoms with Crippen molar-refractivity contribution in [1.82, 2.24) is 14.9 Å². The maximum Gasteiger partial charge on any atom is 0.223 e. The van der Waals surface area contributed by atoms with Crippen molar-refractivity contribution < 1.29 is 4.39 Å². The van der Waals surface area contributed by atoms with Crippen molar-refractivity contribution in [2.24, 2.45) is 0 Å². The van der Waals surface area contributed by atoms with Crippen LogP contribution in [0.5, 0.6) is 0 Å². The standard InChI is InChI=1S/C17H21FN4/c1-13-8-9-19-17(20-13)21-15-6-4-10-22(12-15)11-14-5-2-3-7-16(14)18/h2-3,5,7-9,15H,4,6,10-12H2,1H3,(H,19,20,21). The molecule has 1 unspecified atom stereocenters. The smallest absolute Gasteiger partial charge is 0.223 e. The van der Waals surface area contributed by atoms with Gasteiger partial charge in [-0.15, -0.1) is 0 Å². The van der Waals surface area contributed by atoms with Crippen LogP contribution in [0.25, 0.3) is 0 Å². The highest BCUT2D eigenvalue weighted by Gasteiger charge is 2.21. The Kier molecular flexibility index (Phi) is 4.63. The third-order valence-electron chi connectivity index (χ3n) is 3.99. The summed E-state index contributed by atoms with van der Waals surface area (Å²) in [6, 6.07) is 9.19. The van der Waals surface area contributed by atoms with Gasteiger partial charge >= 0.3 is 0 Å². The molecule has 1 N–H and O–H groups in total. The first kappa shape index (κ1) is 14.9. The molecule has 1 fully saturated rings. The zero-order chi connectivity index (χ0) is 15.4. The van der Waals surface area contributed by atoms with Crippen LogP contribution in [-0.2, 0) is 6.54 Å². The van der Waals surface area contributed by atoms with E-state index in [1.165, 1.54) is 6.07 Å². The zero-order valence-corrected chi connectivity index (χ0v) is 12.8. The average molecular weight is 300 g/mol. The molecule has 0 saturated carbocycles. The molecule has 1 aliphatic heterocycles. The van der Waals surface area contributed by atoms with E-state index in [-0.39, 0.29) is 5.82 Å². The normalized spacial score (nSPS) is 19.1. The molecule has 1 saturated heterocycles. The molecule has 1 aromatic carbocycles.